The summed E-state index contributed by atoms with van der Waals surface area (Å²) >= 11 is 0. The molecule has 1 heterocycles. The fourth-order valence-electron chi connectivity index (χ4n) is 3.76. The number of hydrogen-bond acceptors (Lipinski definition) is 5. The maximum absolute atomic E-state index is 12.8. The fourth-order valence-corrected chi connectivity index (χ4v) is 3.76. The highest BCUT2D eigenvalue weighted by atomic mass is 16.5. The van der Waals surface area contributed by atoms with Gasteiger partial charge in [-0.3, -0.25) is 9.59 Å². The summed E-state index contributed by atoms with van der Waals surface area (Å²) in [6, 6.07) is 5.67. The van der Waals surface area contributed by atoms with Crippen LogP contribution in [0.4, 0.5) is 0 Å². The molecule has 2 unspecified atom stereocenters. The molecule has 1 aromatic rings. The van der Waals surface area contributed by atoms with Crippen LogP contribution in [-0.4, -0.2) is 64.3 Å². The van der Waals surface area contributed by atoms with Crippen molar-refractivity contribution < 1.29 is 23.8 Å². The molecule has 2 aliphatic rings. The van der Waals surface area contributed by atoms with Gasteiger partial charge in [-0.25, -0.2) is 0 Å². The Balaban J connectivity index is 1.86. The number of hydrogen-bond donors (Lipinski definition) is 1. The number of carbonyl (C=O) groups excluding carboxylic acids is 2. The highest BCUT2D eigenvalue weighted by molar-refractivity contribution is 5.85. The first-order chi connectivity index (χ1) is 13.1. The molecule has 0 aromatic heterocycles. The predicted molar refractivity (Wildman–Crippen MR) is 100.0 cm³/mol. The summed E-state index contributed by atoms with van der Waals surface area (Å²) in [7, 11) is 4.78. The van der Waals surface area contributed by atoms with Crippen molar-refractivity contribution in [1.82, 2.24) is 10.2 Å². The van der Waals surface area contributed by atoms with E-state index in [2.05, 4.69) is 5.32 Å². The molecule has 2 amide bonds. The molecule has 0 radical (unpaired) electrons. The summed E-state index contributed by atoms with van der Waals surface area (Å²) in [6.45, 7) is 1.85. The Labute approximate surface area is 160 Å². The van der Waals surface area contributed by atoms with Crippen molar-refractivity contribution in [2.75, 3.05) is 47.6 Å². The molecule has 2 fully saturated rings. The van der Waals surface area contributed by atoms with Crippen LogP contribution in [-0.2, 0) is 14.3 Å². The van der Waals surface area contributed by atoms with Gasteiger partial charge in [-0.05, 0) is 18.9 Å². The third-order valence-corrected chi connectivity index (χ3v) is 5.33. The summed E-state index contributed by atoms with van der Waals surface area (Å²) in [5.41, 5.74) is 0.898. The van der Waals surface area contributed by atoms with Crippen LogP contribution in [0.5, 0.6) is 11.5 Å². The highest BCUT2D eigenvalue weighted by Crippen LogP contribution is 2.43. The van der Waals surface area contributed by atoms with Gasteiger partial charge in [0, 0.05) is 44.1 Å². The molecule has 1 saturated heterocycles. The number of amides is 2. The second-order valence-corrected chi connectivity index (χ2v) is 7.10. The molecule has 1 saturated carbocycles. The van der Waals surface area contributed by atoms with Crippen molar-refractivity contribution in [3.05, 3.63) is 23.8 Å². The van der Waals surface area contributed by atoms with Crippen LogP contribution < -0.4 is 14.8 Å². The van der Waals surface area contributed by atoms with Crippen molar-refractivity contribution in [1.29, 1.82) is 0 Å². The van der Waals surface area contributed by atoms with E-state index in [4.69, 9.17) is 14.2 Å². The molecule has 7 nitrogen and oxygen atoms in total. The number of nitrogens with zero attached hydrogens (tertiary/aromatic N) is 1. The van der Waals surface area contributed by atoms with Crippen LogP contribution in [0.3, 0.4) is 0 Å². The largest absolute Gasteiger partial charge is 0.493 e. The molecule has 2 atom stereocenters. The van der Waals surface area contributed by atoms with E-state index in [9.17, 15) is 9.59 Å². The molecule has 3 rings (SSSR count). The summed E-state index contributed by atoms with van der Waals surface area (Å²) in [6.07, 6.45) is 1.90. The molecule has 1 N–H and O–H groups in total. The number of rotatable bonds is 8. The van der Waals surface area contributed by atoms with Crippen LogP contribution in [0.1, 0.15) is 24.3 Å². The van der Waals surface area contributed by atoms with Crippen LogP contribution >= 0.6 is 0 Å². The monoisotopic (exact) mass is 376 g/mol. The summed E-state index contributed by atoms with van der Waals surface area (Å²) in [5, 5.41) is 2.92. The van der Waals surface area contributed by atoms with Gasteiger partial charge in [-0.1, -0.05) is 12.1 Å². The molecule has 0 bridgehead atoms. The molecule has 148 valence electrons. The van der Waals surface area contributed by atoms with E-state index in [-0.39, 0.29) is 29.6 Å². The van der Waals surface area contributed by atoms with Crippen LogP contribution in [0.15, 0.2) is 18.2 Å². The molecular weight excluding hydrogens is 348 g/mol. The minimum atomic E-state index is -0.328. The molecule has 1 aromatic carbocycles. The molecule has 7 heteroatoms. The lowest BCUT2D eigenvalue weighted by Crippen LogP contribution is -2.37. The van der Waals surface area contributed by atoms with Gasteiger partial charge in [0.15, 0.2) is 11.5 Å². The van der Waals surface area contributed by atoms with Crippen molar-refractivity contribution in [2.24, 2.45) is 11.8 Å². The van der Waals surface area contributed by atoms with E-state index in [1.165, 1.54) is 0 Å². The quantitative estimate of drug-likeness (QED) is 0.695. The van der Waals surface area contributed by atoms with E-state index in [0.29, 0.717) is 37.7 Å². The maximum Gasteiger partial charge on any atom is 0.225 e. The Kier molecular flexibility index (Phi) is 6.21. The first-order valence-electron chi connectivity index (χ1n) is 9.37. The molecule has 1 aliphatic carbocycles. The maximum atomic E-state index is 12.8. The standard InChI is InChI=1S/C20H28N2O5/c1-25-10-9-21-19(23)16-12-22(20(24)13-7-8-13)11-15(16)14-5-4-6-17(26-2)18(14)27-3/h4-6,13,15-16H,7-12H2,1-3H3,(H,21,23). The first kappa shape index (κ1) is 19.5. The topological polar surface area (TPSA) is 77.1 Å². The normalized spacial score (nSPS) is 21.8. The second kappa shape index (κ2) is 8.61. The zero-order valence-electron chi connectivity index (χ0n) is 16.2. The third-order valence-electron chi connectivity index (χ3n) is 5.33. The Bertz CT molecular complexity index is 689. The van der Waals surface area contributed by atoms with Crippen LogP contribution in [0.2, 0.25) is 0 Å². The highest BCUT2D eigenvalue weighted by Gasteiger charge is 2.44. The average molecular weight is 376 g/mol. The van der Waals surface area contributed by atoms with Gasteiger partial charge in [0.25, 0.3) is 0 Å². The number of likely N-dealkylation sites (tertiary alicyclic amines) is 1. The van der Waals surface area contributed by atoms with E-state index in [0.717, 1.165) is 18.4 Å². The minimum absolute atomic E-state index is 0.0620. The first-order valence-corrected chi connectivity index (χ1v) is 9.37. The predicted octanol–water partition coefficient (Wildman–Crippen LogP) is 1.42. The Morgan fingerprint density at radius 1 is 1.15 bits per heavy atom. The summed E-state index contributed by atoms with van der Waals surface area (Å²) < 4.78 is 16.0. The van der Waals surface area contributed by atoms with Gasteiger partial charge in [-0.15, -0.1) is 0 Å². The second-order valence-electron chi connectivity index (χ2n) is 7.10. The van der Waals surface area contributed by atoms with E-state index in [1.807, 2.05) is 23.1 Å². The summed E-state index contributed by atoms with van der Waals surface area (Å²) in [4.78, 5) is 27.3. The summed E-state index contributed by atoms with van der Waals surface area (Å²) in [5.74, 6) is 1.02. The third kappa shape index (κ3) is 4.18. The van der Waals surface area contributed by atoms with Gasteiger partial charge in [0.1, 0.15) is 0 Å². The van der Waals surface area contributed by atoms with Crippen molar-refractivity contribution in [3.8, 4) is 11.5 Å². The fraction of sp³-hybridized carbons (Fsp3) is 0.600. The lowest BCUT2D eigenvalue weighted by molar-refractivity contribution is -0.132. The van der Waals surface area contributed by atoms with Gasteiger partial charge < -0.3 is 24.4 Å². The number of nitrogens with one attached hydrogen (secondary N) is 1. The zero-order chi connectivity index (χ0) is 19.4. The van der Waals surface area contributed by atoms with Crippen molar-refractivity contribution in [2.45, 2.75) is 18.8 Å². The Morgan fingerprint density at radius 3 is 2.56 bits per heavy atom. The van der Waals surface area contributed by atoms with Gasteiger partial charge in [-0.2, -0.15) is 0 Å². The van der Waals surface area contributed by atoms with E-state index < -0.39 is 0 Å². The molecule has 1 aliphatic heterocycles. The number of carbonyl (C=O) groups is 2. The van der Waals surface area contributed by atoms with Gasteiger partial charge in [0.05, 0.1) is 26.7 Å². The van der Waals surface area contributed by atoms with Crippen LogP contribution in [0, 0.1) is 11.8 Å². The van der Waals surface area contributed by atoms with E-state index in [1.54, 1.807) is 21.3 Å². The average Bonchev–Trinajstić information content (AvgIpc) is 3.44. The van der Waals surface area contributed by atoms with E-state index >= 15 is 0 Å². The number of para-hydroxylation sites is 1. The number of methoxy groups -OCH3 is 3. The van der Waals surface area contributed by atoms with Gasteiger partial charge >= 0.3 is 0 Å². The SMILES string of the molecule is COCCNC(=O)C1CN(C(=O)C2CC2)CC1c1cccc(OC)c1OC. The van der Waals surface area contributed by atoms with Crippen molar-refractivity contribution in [3.63, 3.8) is 0 Å². The smallest absolute Gasteiger partial charge is 0.225 e. The Morgan fingerprint density at radius 2 is 1.93 bits per heavy atom. The zero-order valence-corrected chi connectivity index (χ0v) is 16.2. The molecule has 27 heavy (non-hydrogen) atoms. The Hall–Kier alpha value is -2.28. The molecule has 0 spiro atoms. The van der Waals surface area contributed by atoms with Gasteiger partial charge in [0.2, 0.25) is 11.8 Å². The lowest BCUT2D eigenvalue weighted by Gasteiger charge is -2.21. The number of benzene rings is 1. The molecular formula is C20H28N2O5. The minimum Gasteiger partial charge on any atom is -0.493 e. The van der Waals surface area contributed by atoms with Crippen LogP contribution in [0.25, 0.3) is 0 Å². The lowest BCUT2D eigenvalue weighted by atomic mass is 9.87. The number of ether oxygens (including phenoxy) is 3. The van der Waals surface area contributed by atoms with Crippen molar-refractivity contribution >= 4 is 11.8 Å².